The number of esters is 4. The molecule has 0 fully saturated rings. The van der Waals surface area contributed by atoms with Crippen LogP contribution in [-0.2, 0) is 42.8 Å². The van der Waals surface area contributed by atoms with Crippen molar-refractivity contribution in [3.63, 3.8) is 0 Å². The largest absolute Gasteiger partial charge is 0.493 e. The lowest BCUT2D eigenvalue weighted by molar-refractivity contribution is -0.143. The van der Waals surface area contributed by atoms with Gasteiger partial charge in [0.2, 0.25) is 0 Å². The summed E-state index contributed by atoms with van der Waals surface area (Å²) < 4.78 is 35.7. The Morgan fingerprint density at radius 2 is 0.826 bits per heavy atom. The van der Waals surface area contributed by atoms with Crippen molar-refractivity contribution in [1.82, 2.24) is 0 Å². The maximum absolute atomic E-state index is 13.3. The third-order valence-corrected chi connectivity index (χ3v) is 13.5. The van der Waals surface area contributed by atoms with Crippen molar-refractivity contribution in [3.8, 4) is 34.5 Å². The van der Waals surface area contributed by atoms with E-state index in [1.54, 1.807) is 114 Å². The maximum atomic E-state index is 13.3. The molecule has 0 aromatic heterocycles. The van der Waals surface area contributed by atoms with Gasteiger partial charge in [-0.3, -0.25) is 28.8 Å². The van der Waals surface area contributed by atoms with Crippen LogP contribution in [-0.4, -0.2) is 48.7 Å². The Morgan fingerprint density at radius 3 is 1.21 bits per heavy atom. The molecule has 4 aromatic rings. The first kappa shape index (κ1) is 72.4. The molecule has 0 saturated heterocycles. The van der Waals surface area contributed by atoms with Crippen LogP contribution in [0.2, 0.25) is 0 Å². The van der Waals surface area contributed by atoms with Gasteiger partial charge in [0.15, 0.2) is 11.6 Å². The predicted molar refractivity (Wildman–Crippen MR) is 348 cm³/mol. The predicted octanol–water partition coefficient (Wildman–Crippen LogP) is 17.7. The Bertz CT molecular complexity index is 3180. The van der Waals surface area contributed by atoms with Crippen LogP contribution in [0.3, 0.4) is 0 Å². The van der Waals surface area contributed by atoms with E-state index in [-0.39, 0.29) is 35.4 Å². The topological polar surface area (TPSA) is 158 Å². The minimum Gasteiger partial charge on any atom is -0.493 e. The molecule has 0 N–H and O–H groups in total. The molecular weight excluding hydrogens is 1080 g/mol. The zero-order valence-corrected chi connectivity index (χ0v) is 55.1. The lowest BCUT2D eigenvalue weighted by atomic mass is 9.76. The van der Waals surface area contributed by atoms with Crippen LogP contribution < -0.4 is 28.4 Å². The van der Waals surface area contributed by atoms with Gasteiger partial charge in [-0.05, 0) is 213 Å². The Hall–Kier alpha value is -7.86. The number of ether oxygens (including phenoxy) is 6. The zero-order chi connectivity index (χ0) is 65.2. The number of rotatable bonds is 24. The Balaban J connectivity index is 0.000000451. The first-order valence-corrected chi connectivity index (χ1v) is 29.6. The molecule has 0 spiro atoms. The Morgan fingerprint density at radius 1 is 0.453 bits per heavy atom. The smallest absolute Gasteiger partial charge is 0.316 e. The number of carbonyl (C=O) groups is 6. The van der Waals surface area contributed by atoms with E-state index >= 15 is 0 Å². The van der Waals surface area contributed by atoms with Gasteiger partial charge >= 0.3 is 23.9 Å². The summed E-state index contributed by atoms with van der Waals surface area (Å²) in [6.07, 6.45) is 20.5. The van der Waals surface area contributed by atoms with Gasteiger partial charge in [-0.25, -0.2) is 0 Å². The summed E-state index contributed by atoms with van der Waals surface area (Å²) in [5.41, 5.74) is 1.28. The molecule has 0 unspecified atom stereocenters. The molecule has 12 nitrogen and oxygen atoms in total. The zero-order valence-electron chi connectivity index (χ0n) is 55.1. The highest BCUT2D eigenvalue weighted by Gasteiger charge is 2.37. The molecule has 0 atom stereocenters. The van der Waals surface area contributed by atoms with Crippen molar-refractivity contribution < 1.29 is 57.2 Å². The van der Waals surface area contributed by atoms with Gasteiger partial charge in [0.05, 0.1) is 34.9 Å². The van der Waals surface area contributed by atoms with Crippen LogP contribution in [0.4, 0.5) is 0 Å². The van der Waals surface area contributed by atoms with E-state index in [0.717, 1.165) is 35.1 Å². The Kier molecular flexibility index (Phi) is 26.1. The number of benzene rings is 4. The molecule has 4 aromatic carbocycles. The van der Waals surface area contributed by atoms with Gasteiger partial charge in [0.1, 0.15) is 34.5 Å². The second-order valence-electron chi connectivity index (χ2n) is 26.4. The normalized spacial score (nSPS) is 12.4. The average Bonchev–Trinajstić information content (AvgIpc) is 0.804. The lowest BCUT2D eigenvalue weighted by Crippen LogP contribution is -2.30. The number of hydrogen-bond donors (Lipinski definition) is 0. The summed E-state index contributed by atoms with van der Waals surface area (Å²) in [6.45, 7) is 46.5. The van der Waals surface area contributed by atoms with Crippen molar-refractivity contribution in [2.45, 2.75) is 175 Å². The third-order valence-electron chi connectivity index (χ3n) is 13.5. The molecule has 0 amide bonds. The lowest BCUT2D eigenvalue weighted by Gasteiger charge is -2.33. The molecule has 86 heavy (non-hydrogen) atoms. The highest BCUT2D eigenvalue weighted by molar-refractivity contribution is 6.08. The average molecular weight is 1180 g/mol. The third kappa shape index (κ3) is 20.7. The second-order valence-corrected chi connectivity index (χ2v) is 26.4. The van der Waals surface area contributed by atoms with Crippen LogP contribution in [0.25, 0.3) is 12.2 Å². The highest BCUT2D eigenvalue weighted by Crippen LogP contribution is 2.49. The SMILES string of the molecule is C/C=C/Cc1cc(/C=C/C(=O)c2ccc(OC(=O)C(C)(C)C)cc2)c(OCCC)c(C/C=C/C)c1OC(=O)C(C)(C)C.C=CC(C)(C)c1cc(/C=C/C(=O)c2ccc(OC(=O)C(C)(C)C)cc2)c(OCCC)c(C(C)(C)C=C)c1OC(=O)C(C)(C)C. The van der Waals surface area contributed by atoms with Crippen molar-refractivity contribution in [2.75, 3.05) is 13.2 Å². The molecule has 0 heterocycles. The fourth-order valence-electron chi connectivity index (χ4n) is 7.68. The highest BCUT2D eigenvalue weighted by atomic mass is 16.6. The van der Waals surface area contributed by atoms with Gasteiger partial charge in [-0.15, -0.1) is 13.2 Å². The van der Waals surface area contributed by atoms with E-state index < -0.39 is 32.5 Å². The minimum absolute atomic E-state index is 0.210. The summed E-state index contributed by atoms with van der Waals surface area (Å²) in [7, 11) is 0. The van der Waals surface area contributed by atoms with Crippen LogP contribution in [0.1, 0.15) is 205 Å². The van der Waals surface area contributed by atoms with Crippen LogP contribution in [0.15, 0.2) is 122 Å². The maximum Gasteiger partial charge on any atom is 0.316 e. The van der Waals surface area contributed by atoms with Gasteiger partial charge in [0.25, 0.3) is 0 Å². The fraction of sp³-hybridized carbons (Fsp3) is 0.432. The van der Waals surface area contributed by atoms with E-state index in [1.807, 2.05) is 133 Å². The summed E-state index contributed by atoms with van der Waals surface area (Å²) >= 11 is 0. The van der Waals surface area contributed by atoms with Crippen LogP contribution >= 0.6 is 0 Å². The summed E-state index contributed by atoms with van der Waals surface area (Å²) in [5.74, 6) is 0.909. The van der Waals surface area contributed by atoms with E-state index in [4.69, 9.17) is 28.4 Å². The van der Waals surface area contributed by atoms with Crippen LogP contribution in [0, 0.1) is 21.7 Å². The fourth-order valence-corrected chi connectivity index (χ4v) is 7.68. The minimum atomic E-state index is -0.749. The van der Waals surface area contributed by atoms with Crippen molar-refractivity contribution in [2.24, 2.45) is 21.7 Å². The van der Waals surface area contributed by atoms with Gasteiger partial charge < -0.3 is 28.4 Å². The van der Waals surface area contributed by atoms with Crippen molar-refractivity contribution in [3.05, 3.63) is 167 Å². The number of hydrogen-bond acceptors (Lipinski definition) is 12. The summed E-state index contributed by atoms with van der Waals surface area (Å²) in [4.78, 5) is 77.2. The van der Waals surface area contributed by atoms with E-state index in [0.29, 0.717) is 82.8 Å². The molecule has 0 aliphatic rings. The molecule has 0 radical (unpaired) electrons. The number of carbonyl (C=O) groups excluding carboxylic acids is 6. The Labute approximate surface area is 513 Å². The number of allylic oxidation sites excluding steroid dienone is 8. The molecule has 0 aliphatic heterocycles. The first-order chi connectivity index (χ1) is 39.9. The standard InChI is InChI=1S/C38H50O6.C36H46O6/c1-14-23-42-31-26(19-22-29(39)25-17-20-27(21-18-25)43-33(40)35(4,5)6)24-28(37(10,11)15-2)32(30(31)38(12,13)16-3)44-34(41)36(7,8)9;1-10-13-15-26-24-27(19-22-30(37)25-17-20-28(21-18-25)41-33(38)35(4,5)6)31(40-23-12-3)29(16-14-11-2)32(26)42-34(39)36(7,8)9/h15-22,24H,2-3,14,23H2,1,4-13H3;10-11,13-14,17-22,24H,12,15-16,23H2,1-9H3/b22-19+;13-10+,14-11+,22-19+. The second kappa shape index (κ2) is 31.0. The van der Waals surface area contributed by atoms with Gasteiger partial charge in [-0.2, -0.15) is 0 Å². The molecule has 4 rings (SSSR count). The van der Waals surface area contributed by atoms with E-state index in [9.17, 15) is 28.8 Å². The molecule has 0 aliphatic carbocycles. The van der Waals surface area contributed by atoms with Gasteiger partial charge in [-0.1, -0.05) is 78.0 Å². The molecule has 464 valence electrons. The van der Waals surface area contributed by atoms with E-state index in [2.05, 4.69) is 13.2 Å². The molecule has 0 saturated carbocycles. The van der Waals surface area contributed by atoms with Crippen LogP contribution in [0.5, 0.6) is 34.5 Å². The van der Waals surface area contributed by atoms with E-state index in [1.165, 1.54) is 12.2 Å². The monoisotopic (exact) mass is 1180 g/mol. The summed E-state index contributed by atoms with van der Waals surface area (Å²) in [6, 6.07) is 16.8. The molecule has 12 heteroatoms. The van der Waals surface area contributed by atoms with Crippen molar-refractivity contribution in [1.29, 1.82) is 0 Å². The number of ketones is 2. The quantitative estimate of drug-likeness (QED) is 0.0215. The van der Waals surface area contributed by atoms with Crippen molar-refractivity contribution >= 4 is 47.6 Å². The van der Waals surface area contributed by atoms with Gasteiger partial charge in [0, 0.05) is 49.8 Å². The molecule has 0 bridgehead atoms. The summed E-state index contributed by atoms with van der Waals surface area (Å²) in [5, 5.41) is 0. The first-order valence-electron chi connectivity index (χ1n) is 29.6. The molecular formula is C74H96O12.